The summed E-state index contributed by atoms with van der Waals surface area (Å²) in [7, 11) is 0. The predicted octanol–water partition coefficient (Wildman–Crippen LogP) is 5.15. The van der Waals surface area contributed by atoms with Crippen molar-refractivity contribution in [2.45, 2.75) is 24.4 Å². The molecule has 4 heteroatoms. The largest absolute Gasteiger partial charge is 0.325 e. The summed E-state index contributed by atoms with van der Waals surface area (Å²) in [5.74, 6) is 0.832. The van der Waals surface area contributed by atoms with Crippen LogP contribution in [0.15, 0.2) is 65.7 Å². The molecule has 1 aromatic heterocycles. The highest BCUT2D eigenvalue weighted by molar-refractivity contribution is 7.99. The molecule has 0 radical (unpaired) electrons. The van der Waals surface area contributed by atoms with Crippen LogP contribution >= 0.6 is 24.2 Å². The maximum Gasteiger partial charge on any atom is 0.105 e. The first-order valence-electron chi connectivity index (χ1n) is 7.40. The van der Waals surface area contributed by atoms with Crippen LogP contribution in [0.5, 0.6) is 0 Å². The van der Waals surface area contributed by atoms with Crippen LogP contribution in [0, 0.1) is 0 Å². The number of rotatable bonds is 4. The Kier molecular flexibility index (Phi) is 5.69. The molecule has 0 aliphatic heterocycles. The highest BCUT2D eigenvalue weighted by atomic mass is 35.5. The van der Waals surface area contributed by atoms with E-state index in [1.807, 2.05) is 26.0 Å². The van der Waals surface area contributed by atoms with Gasteiger partial charge in [-0.25, -0.2) is 4.98 Å². The van der Waals surface area contributed by atoms with Crippen LogP contribution in [0.4, 0.5) is 0 Å². The molecule has 0 saturated carbocycles. The quantitative estimate of drug-likeness (QED) is 0.665. The maximum absolute atomic E-state index is 6.14. The number of hydrogen-bond acceptors (Lipinski definition) is 3. The summed E-state index contributed by atoms with van der Waals surface area (Å²) in [6.07, 6.45) is 0. The molecule has 2 aromatic carbocycles. The fraction of sp³-hybridized carbons (Fsp3) is 0.211. The molecule has 1 heterocycles. The summed E-state index contributed by atoms with van der Waals surface area (Å²) >= 11 is 1.73. The molecule has 2 N–H and O–H groups in total. The summed E-state index contributed by atoms with van der Waals surface area (Å²) in [5.41, 5.74) is 9.31. The Morgan fingerprint density at radius 3 is 2.35 bits per heavy atom. The first-order valence-corrected chi connectivity index (χ1v) is 8.38. The summed E-state index contributed by atoms with van der Waals surface area (Å²) in [5, 5.41) is 2.21. The molecule has 120 valence electrons. The van der Waals surface area contributed by atoms with Crippen molar-refractivity contribution in [1.29, 1.82) is 0 Å². The molecule has 0 saturated heterocycles. The van der Waals surface area contributed by atoms with Gasteiger partial charge in [-0.1, -0.05) is 48.5 Å². The lowest BCUT2D eigenvalue weighted by molar-refractivity contribution is 0.591. The minimum atomic E-state index is -0.216. The summed E-state index contributed by atoms with van der Waals surface area (Å²) < 4.78 is 0. The summed E-state index contributed by atoms with van der Waals surface area (Å²) in [6, 6.07) is 20.9. The summed E-state index contributed by atoms with van der Waals surface area (Å²) in [6.45, 7) is 4.09. The van der Waals surface area contributed by atoms with Crippen molar-refractivity contribution in [2.24, 2.45) is 5.73 Å². The van der Waals surface area contributed by atoms with Crippen molar-refractivity contribution in [1.82, 2.24) is 4.98 Å². The van der Waals surface area contributed by atoms with Crippen LogP contribution in [0.3, 0.4) is 0 Å². The molecule has 0 unspecified atom stereocenters. The number of nitrogens with two attached hydrogens (primary N) is 1. The minimum absolute atomic E-state index is 0. The van der Waals surface area contributed by atoms with Gasteiger partial charge in [-0.2, -0.15) is 0 Å². The third kappa shape index (κ3) is 4.47. The van der Waals surface area contributed by atoms with E-state index < -0.39 is 0 Å². The zero-order valence-electron chi connectivity index (χ0n) is 13.3. The molecular formula is C19H21ClN2S. The number of halogens is 1. The number of para-hydroxylation sites is 1. The molecule has 0 atom stereocenters. The molecule has 0 bridgehead atoms. The van der Waals surface area contributed by atoms with Gasteiger partial charge in [0.25, 0.3) is 0 Å². The summed E-state index contributed by atoms with van der Waals surface area (Å²) in [4.78, 5) is 4.86. The van der Waals surface area contributed by atoms with Crippen molar-refractivity contribution in [3.8, 4) is 11.1 Å². The van der Waals surface area contributed by atoms with Gasteiger partial charge >= 0.3 is 0 Å². The van der Waals surface area contributed by atoms with E-state index in [-0.39, 0.29) is 17.9 Å². The molecule has 0 amide bonds. The molecule has 3 rings (SSSR count). The van der Waals surface area contributed by atoms with E-state index in [1.165, 1.54) is 11.1 Å². The van der Waals surface area contributed by atoms with Crippen LogP contribution in [-0.2, 0) is 0 Å². The topological polar surface area (TPSA) is 38.9 Å². The molecular weight excluding hydrogens is 324 g/mol. The van der Waals surface area contributed by atoms with E-state index in [1.54, 1.807) is 11.8 Å². The Balaban J connectivity index is 0.00000192. The molecule has 0 aliphatic carbocycles. The molecule has 3 aromatic rings. The van der Waals surface area contributed by atoms with Gasteiger partial charge in [-0.05, 0) is 31.5 Å². The molecule has 2 nitrogen and oxygen atoms in total. The van der Waals surface area contributed by atoms with Crippen LogP contribution < -0.4 is 5.73 Å². The van der Waals surface area contributed by atoms with Gasteiger partial charge in [0, 0.05) is 22.2 Å². The number of hydrogen-bond donors (Lipinski definition) is 1. The van der Waals surface area contributed by atoms with Gasteiger partial charge < -0.3 is 5.73 Å². The first kappa shape index (κ1) is 17.8. The number of pyridine rings is 1. The van der Waals surface area contributed by atoms with Gasteiger partial charge in [0.1, 0.15) is 5.03 Å². The number of thioether (sulfide) groups is 1. The Morgan fingerprint density at radius 2 is 1.65 bits per heavy atom. The van der Waals surface area contributed by atoms with Gasteiger partial charge in [0.05, 0.1) is 5.52 Å². The number of aromatic nitrogens is 1. The van der Waals surface area contributed by atoms with Crippen molar-refractivity contribution in [3.05, 3.63) is 60.7 Å². The third-order valence-corrected chi connectivity index (χ3v) is 4.83. The number of nitrogens with zero attached hydrogens (tertiary/aromatic N) is 1. The first-order chi connectivity index (χ1) is 10.5. The van der Waals surface area contributed by atoms with Gasteiger partial charge in [-0.3, -0.25) is 0 Å². The second kappa shape index (κ2) is 7.35. The Labute approximate surface area is 147 Å². The normalized spacial score (nSPS) is 11.3. The fourth-order valence-electron chi connectivity index (χ4n) is 2.29. The highest BCUT2D eigenvalue weighted by Gasteiger charge is 2.15. The second-order valence-electron chi connectivity index (χ2n) is 6.18. The average molecular weight is 345 g/mol. The third-order valence-electron chi connectivity index (χ3n) is 3.35. The van der Waals surface area contributed by atoms with Gasteiger partial charge in [0.2, 0.25) is 0 Å². The van der Waals surface area contributed by atoms with Crippen molar-refractivity contribution < 1.29 is 0 Å². The lowest BCUT2D eigenvalue weighted by Gasteiger charge is -2.18. The van der Waals surface area contributed by atoms with E-state index in [2.05, 4.69) is 48.5 Å². The lowest BCUT2D eigenvalue weighted by atomic mass is 10.1. The Hall–Kier alpha value is -1.55. The second-order valence-corrected chi connectivity index (χ2v) is 7.14. The van der Waals surface area contributed by atoms with Crippen molar-refractivity contribution in [2.75, 3.05) is 5.75 Å². The average Bonchev–Trinajstić information content (AvgIpc) is 2.52. The Morgan fingerprint density at radius 1 is 1.00 bits per heavy atom. The zero-order chi connectivity index (χ0) is 15.6. The van der Waals surface area contributed by atoms with E-state index >= 15 is 0 Å². The van der Waals surface area contributed by atoms with Gasteiger partial charge in [-0.15, -0.1) is 24.2 Å². The van der Waals surface area contributed by atoms with Gasteiger partial charge in [0.15, 0.2) is 0 Å². The molecule has 0 fully saturated rings. The molecule has 0 spiro atoms. The lowest BCUT2D eigenvalue weighted by Crippen LogP contribution is -2.34. The SMILES string of the molecule is CC(C)(N)CSc1nc2ccccc2cc1-c1ccccc1.Cl. The fourth-order valence-corrected chi connectivity index (χ4v) is 3.29. The van der Waals surface area contributed by atoms with E-state index in [0.29, 0.717) is 0 Å². The van der Waals surface area contributed by atoms with Crippen LogP contribution in [0.2, 0.25) is 0 Å². The monoisotopic (exact) mass is 344 g/mol. The van der Waals surface area contributed by atoms with Crippen LogP contribution in [-0.4, -0.2) is 16.3 Å². The van der Waals surface area contributed by atoms with E-state index in [9.17, 15) is 0 Å². The standard InChI is InChI=1S/C19H20N2S.ClH/c1-19(2,20)13-22-18-16(14-8-4-3-5-9-14)12-15-10-6-7-11-17(15)21-18;/h3-12H,13,20H2,1-2H3;1H. The number of fused-ring (bicyclic) bond motifs is 1. The van der Waals surface area contributed by atoms with Crippen LogP contribution in [0.1, 0.15) is 13.8 Å². The molecule has 23 heavy (non-hydrogen) atoms. The maximum atomic E-state index is 6.14. The van der Waals surface area contributed by atoms with Crippen LogP contribution in [0.25, 0.3) is 22.0 Å². The highest BCUT2D eigenvalue weighted by Crippen LogP contribution is 2.33. The van der Waals surface area contributed by atoms with E-state index in [0.717, 1.165) is 21.7 Å². The zero-order valence-corrected chi connectivity index (χ0v) is 15.0. The van der Waals surface area contributed by atoms with Crippen molar-refractivity contribution in [3.63, 3.8) is 0 Å². The number of benzene rings is 2. The van der Waals surface area contributed by atoms with E-state index in [4.69, 9.17) is 10.7 Å². The Bertz CT molecular complexity index is 782. The minimum Gasteiger partial charge on any atom is -0.325 e. The smallest absolute Gasteiger partial charge is 0.105 e. The molecule has 0 aliphatic rings. The predicted molar refractivity (Wildman–Crippen MR) is 103 cm³/mol. The van der Waals surface area contributed by atoms with Crippen molar-refractivity contribution >= 4 is 35.1 Å².